The number of H-pyrrole nitrogens is 1. The Hall–Kier alpha value is -4.12. The van der Waals surface area contributed by atoms with Crippen LogP contribution in [0.2, 0.25) is 0 Å². The second kappa shape index (κ2) is 12.7. The van der Waals surface area contributed by atoms with Crippen LogP contribution >= 0.6 is 0 Å². The van der Waals surface area contributed by atoms with Crippen molar-refractivity contribution in [3.8, 4) is 0 Å². The van der Waals surface area contributed by atoms with Crippen molar-refractivity contribution in [3.63, 3.8) is 0 Å². The highest BCUT2D eigenvalue weighted by molar-refractivity contribution is 6.13. The van der Waals surface area contributed by atoms with E-state index in [9.17, 15) is 0 Å². The lowest BCUT2D eigenvalue weighted by atomic mass is 9.82. The maximum atomic E-state index is 5.34. The van der Waals surface area contributed by atoms with Gasteiger partial charge in [-0.3, -0.25) is 9.98 Å². The van der Waals surface area contributed by atoms with Crippen molar-refractivity contribution in [2.24, 2.45) is 4.99 Å². The van der Waals surface area contributed by atoms with Crippen LogP contribution in [0, 0.1) is 0 Å². The second-order valence-electron chi connectivity index (χ2n) is 13.5. The number of nitrogens with zero attached hydrogens (tertiary/aromatic N) is 4. The van der Waals surface area contributed by atoms with Crippen molar-refractivity contribution in [2.75, 3.05) is 29.4 Å². The highest BCUT2D eigenvalue weighted by atomic mass is 15.2. The number of fused-ring (bicyclic) bond motifs is 2. The molecule has 1 N–H and O–H groups in total. The van der Waals surface area contributed by atoms with Crippen LogP contribution in [-0.4, -0.2) is 30.3 Å². The highest BCUT2D eigenvalue weighted by Crippen LogP contribution is 2.48. The Morgan fingerprint density at radius 1 is 0.778 bits per heavy atom. The summed E-state index contributed by atoms with van der Waals surface area (Å²) in [4.78, 5) is 13.5. The lowest BCUT2D eigenvalue weighted by molar-refractivity contribution is -0.695. The van der Waals surface area contributed by atoms with E-state index in [1.807, 2.05) is 12.5 Å². The molecule has 0 radical (unpaired) electrons. The molecule has 1 fully saturated rings. The first-order valence-corrected chi connectivity index (χ1v) is 16.9. The van der Waals surface area contributed by atoms with Crippen LogP contribution in [0.15, 0.2) is 119 Å². The van der Waals surface area contributed by atoms with Crippen molar-refractivity contribution in [1.29, 1.82) is 0 Å². The molecular formula is C40H50N5+. The smallest absolute Gasteiger partial charge is 0.241 e. The predicted molar refractivity (Wildman–Crippen MR) is 189 cm³/mol. The van der Waals surface area contributed by atoms with Crippen LogP contribution < -0.4 is 14.4 Å². The van der Waals surface area contributed by atoms with Gasteiger partial charge < -0.3 is 9.80 Å². The van der Waals surface area contributed by atoms with E-state index in [1.165, 1.54) is 50.8 Å². The number of aromatic nitrogens is 2. The van der Waals surface area contributed by atoms with E-state index >= 15 is 0 Å². The molecule has 0 saturated heterocycles. The standard InChI is InChI=1S/C40H49N5/c1-7-44-34-19-11-9-17-32(34)39(3,4)36(44)23-21-30-15-13-16-31(38(30)42-25-14-27-43-28-26-41-29-43)22-24-37-40(5,6)33-18-10-12-20-35(33)45(37)8-2/h9-12,17-24,26,28-29H,7-8,13-16,25,27H2,1-6H3/p+1/b30-21+,31-22?,36-23-,37-24?,42-38?. The zero-order chi connectivity index (χ0) is 31.6. The van der Waals surface area contributed by atoms with Crippen LogP contribution in [0.3, 0.4) is 0 Å². The Kier molecular flexibility index (Phi) is 8.72. The molecule has 234 valence electrons. The van der Waals surface area contributed by atoms with E-state index in [2.05, 4.69) is 140 Å². The summed E-state index contributed by atoms with van der Waals surface area (Å²) in [5, 5.41) is 0. The number of allylic oxidation sites excluding steroid dienone is 8. The topological polar surface area (TPSA) is 38.5 Å². The summed E-state index contributed by atoms with van der Waals surface area (Å²) in [6.45, 7) is 17.6. The molecule has 0 bridgehead atoms. The van der Waals surface area contributed by atoms with Crippen molar-refractivity contribution in [3.05, 3.63) is 125 Å². The zero-order valence-electron chi connectivity index (χ0n) is 28.1. The zero-order valence-corrected chi connectivity index (χ0v) is 28.1. The van der Waals surface area contributed by atoms with Gasteiger partial charge in [0.15, 0.2) is 0 Å². The third-order valence-electron chi connectivity index (χ3n) is 10.1. The molecule has 3 heterocycles. The molecule has 6 rings (SSSR count). The SMILES string of the molecule is CCN1C(=CC=C2CCC/C(=C\C=C3/N(CC)c4ccccc4C3(C)C)C2=NCCC[n+]2cc[nH]c2)C(C)(C)c2ccccc21. The Balaban J connectivity index is 1.36. The van der Waals surface area contributed by atoms with Crippen LogP contribution in [0.1, 0.15) is 78.4 Å². The van der Waals surface area contributed by atoms with E-state index < -0.39 is 0 Å². The molecule has 1 saturated carbocycles. The van der Waals surface area contributed by atoms with Crippen LogP contribution in [0.4, 0.5) is 11.4 Å². The molecule has 0 amide bonds. The Morgan fingerprint density at radius 3 is 1.80 bits per heavy atom. The van der Waals surface area contributed by atoms with Crippen LogP contribution in [-0.2, 0) is 17.4 Å². The molecule has 3 aliphatic rings. The minimum absolute atomic E-state index is 0.0425. The number of hydrogen-bond donors (Lipinski definition) is 1. The van der Waals surface area contributed by atoms with Crippen molar-refractivity contribution in [1.82, 2.24) is 4.98 Å². The number of imidazole rings is 1. The normalized spacial score (nSPS) is 23.1. The molecule has 1 aromatic heterocycles. The van der Waals surface area contributed by atoms with E-state index in [1.54, 1.807) is 0 Å². The molecular weight excluding hydrogens is 550 g/mol. The Morgan fingerprint density at radius 2 is 1.31 bits per heavy atom. The Bertz CT molecular complexity index is 1580. The second-order valence-corrected chi connectivity index (χ2v) is 13.5. The molecule has 2 aromatic carbocycles. The van der Waals surface area contributed by atoms with Gasteiger partial charge in [-0.1, -0.05) is 76.2 Å². The lowest BCUT2D eigenvalue weighted by Gasteiger charge is -2.27. The molecule has 0 spiro atoms. The monoisotopic (exact) mass is 600 g/mol. The fourth-order valence-electron chi connectivity index (χ4n) is 7.67. The third-order valence-corrected chi connectivity index (χ3v) is 10.1. The van der Waals surface area contributed by atoms with Crippen molar-refractivity contribution >= 4 is 17.1 Å². The average Bonchev–Trinajstić information content (AvgIpc) is 3.70. The number of aliphatic imine (C=N–C) groups is 1. The number of rotatable bonds is 8. The molecule has 0 unspecified atom stereocenters. The van der Waals surface area contributed by atoms with Gasteiger partial charge in [-0.15, -0.1) is 0 Å². The van der Waals surface area contributed by atoms with Crippen molar-refractivity contribution in [2.45, 2.75) is 84.6 Å². The molecule has 2 aliphatic heterocycles. The van der Waals surface area contributed by atoms with Gasteiger partial charge in [0.05, 0.1) is 12.3 Å². The van der Waals surface area contributed by atoms with E-state index in [0.717, 1.165) is 51.9 Å². The van der Waals surface area contributed by atoms with Gasteiger partial charge in [-0.25, -0.2) is 4.57 Å². The minimum Gasteiger partial charge on any atom is -0.344 e. The number of aryl methyl sites for hydroxylation is 1. The minimum atomic E-state index is -0.0425. The lowest BCUT2D eigenvalue weighted by Crippen LogP contribution is -2.30. The average molecular weight is 601 g/mol. The van der Waals surface area contributed by atoms with Gasteiger partial charge >= 0.3 is 0 Å². The van der Waals surface area contributed by atoms with E-state index in [-0.39, 0.29) is 10.8 Å². The largest absolute Gasteiger partial charge is 0.344 e. The fraction of sp³-hybridized carbons (Fsp3) is 0.400. The third kappa shape index (κ3) is 5.74. The molecule has 3 aromatic rings. The number of para-hydroxylation sites is 2. The quantitative estimate of drug-likeness (QED) is 0.208. The first-order chi connectivity index (χ1) is 21.8. The first-order valence-electron chi connectivity index (χ1n) is 16.9. The number of benzene rings is 2. The molecule has 1 aliphatic carbocycles. The van der Waals surface area contributed by atoms with Gasteiger partial charge in [0, 0.05) is 59.7 Å². The summed E-state index contributed by atoms with van der Waals surface area (Å²) in [5.74, 6) is 0. The van der Waals surface area contributed by atoms with Gasteiger partial charge in [0.2, 0.25) is 6.33 Å². The summed E-state index contributed by atoms with van der Waals surface area (Å²) >= 11 is 0. The fourth-order valence-corrected chi connectivity index (χ4v) is 7.67. The van der Waals surface area contributed by atoms with Gasteiger partial charge in [-0.2, -0.15) is 0 Å². The van der Waals surface area contributed by atoms with E-state index in [4.69, 9.17) is 4.99 Å². The predicted octanol–water partition coefficient (Wildman–Crippen LogP) is 8.57. The van der Waals surface area contributed by atoms with Crippen molar-refractivity contribution < 1.29 is 4.57 Å². The molecule has 5 heteroatoms. The summed E-state index contributed by atoms with van der Waals surface area (Å²) < 4.78 is 2.20. The maximum Gasteiger partial charge on any atom is 0.241 e. The summed E-state index contributed by atoms with van der Waals surface area (Å²) in [6, 6.07) is 17.8. The molecule has 5 nitrogen and oxygen atoms in total. The van der Waals surface area contributed by atoms with Gasteiger partial charge in [-0.05, 0) is 79.7 Å². The van der Waals surface area contributed by atoms with Gasteiger partial charge in [0.25, 0.3) is 0 Å². The molecule has 0 atom stereocenters. The van der Waals surface area contributed by atoms with E-state index in [0.29, 0.717) is 0 Å². The number of anilines is 2. The Labute approximate surface area is 270 Å². The number of nitrogens with one attached hydrogen (secondary N) is 1. The number of hydrogen-bond acceptors (Lipinski definition) is 3. The first kappa shape index (κ1) is 30.9. The number of aromatic amines is 1. The summed E-state index contributed by atoms with van der Waals surface area (Å²) in [6.07, 6.45) is 19.9. The molecule has 45 heavy (non-hydrogen) atoms. The summed E-state index contributed by atoms with van der Waals surface area (Å²) in [5.41, 5.74) is 12.0. The van der Waals surface area contributed by atoms with Crippen LogP contribution in [0.25, 0.3) is 0 Å². The maximum absolute atomic E-state index is 5.34. The number of likely N-dealkylation sites (N-methyl/N-ethyl adjacent to an activating group) is 2. The van der Waals surface area contributed by atoms with Crippen LogP contribution in [0.5, 0.6) is 0 Å². The van der Waals surface area contributed by atoms with Gasteiger partial charge in [0.1, 0.15) is 12.4 Å². The highest BCUT2D eigenvalue weighted by Gasteiger charge is 2.40. The summed E-state index contributed by atoms with van der Waals surface area (Å²) in [7, 11) is 0.